The van der Waals surface area contributed by atoms with E-state index in [1.807, 2.05) is 0 Å². The fraction of sp³-hybridized carbons (Fsp3) is 0.200. The van der Waals surface area contributed by atoms with E-state index in [4.69, 9.17) is 4.74 Å². The summed E-state index contributed by atoms with van der Waals surface area (Å²) in [4.78, 5) is 27.3. The summed E-state index contributed by atoms with van der Waals surface area (Å²) in [6, 6.07) is 14.5. The molecule has 4 atom stereocenters. The van der Waals surface area contributed by atoms with Gasteiger partial charge in [-0.3, -0.25) is 9.59 Å². The van der Waals surface area contributed by atoms with Gasteiger partial charge < -0.3 is 40.5 Å². The first-order chi connectivity index (χ1) is 21.4. The van der Waals surface area contributed by atoms with Crippen molar-refractivity contribution >= 4 is 11.6 Å². The number of fused-ring (bicyclic) bond motifs is 1. The summed E-state index contributed by atoms with van der Waals surface area (Å²) in [7, 11) is 0. The molecule has 45 heavy (non-hydrogen) atoms. The Labute approximate surface area is 257 Å². The molecule has 0 amide bonds. The van der Waals surface area contributed by atoms with Crippen molar-refractivity contribution in [2.24, 2.45) is 5.92 Å². The van der Waals surface area contributed by atoms with Gasteiger partial charge in [-0.25, -0.2) is 0 Å². The minimum absolute atomic E-state index is 0.0239. The zero-order valence-electron chi connectivity index (χ0n) is 24.0. The molecule has 2 aliphatic rings. The molecule has 0 aromatic heterocycles. The summed E-state index contributed by atoms with van der Waals surface area (Å²) in [6.07, 6.45) is 0.897. The second-order valence-electron chi connectivity index (χ2n) is 11.5. The van der Waals surface area contributed by atoms with Crippen molar-refractivity contribution in [3.8, 4) is 46.0 Å². The number of ether oxygens (including phenoxy) is 1. The predicted octanol–water partition coefficient (Wildman–Crippen LogP) is 6.05. The highest BCUT2D eigenvalue weighted by Gasteiger charge is 2.44. The second kappa shape index (κ2) is 11.1. The van der Waals surface area contributed by atoms with E-state index in [2.05, 4.69) is 0 Å². The number of allylic oxidation sites excluding steroid dienone is 2. The molecule has 0 fully saturated rings. The maximum Gasteiger partial charge on any atom is 0.171 e. The molecular formula is C35H30O10. The molecule has 6 rings (SSSR count). The van der Waals surface area contributed by atoms with Gasteiger partial charge in [0.05, 0.1) is 17.5 Å². The lowest BCUT2D eigenvalue weighted by Crippen LogP contribution is -2.32. The maximum atomic E-state index is 14.3. The molecule has 1 aliphatic carbocycles. The van der Waals surface area contributed by atoms with Crippen LogP contribution in [0.25, 0.3) is 0 Å². The van der Waals surface area contributed by atoms with Crippen LogP contribution in [-0.4, -0.2) is 47.3 Å². The van der Waals surface area contributed by atoms with Crippen LogP contribution in [0.4, 0.5) is 0 Å². The smallest absolute Gasteiger partial charge is 0.171 e. The Morgan fingerprint density at radius 1 is 0.733 bits per heavy atom. The van der Waals surface area contributed by atoms with Crippen molar-refractivity contribution < 1.29 is 50.1 Å². The van der Waals surface area contributed by atoms with E-state index in [0.717, 1.165) is 17.7 Å². The van der Waals surface area contributed by atoms with E-state index < -0.39 is 41.1 Å². The Balaban J connectivity index is 1.51. The van der Waals surface area contributed by atoms with E-state index in [1.165, 1.54) is 54.6 Å². The first kappa shape index (κ1) is 29.4. The van der Waals surface area contributed by atoms with Crippen LogP contribution in [0.1, 0.15) is 75.1 Å². The van der Waals surface area contributed by atoms with E-state index in [0.29, 0.717) is 5.56 Å². The van der Waals surface area contributed by atoms with Crippen LogP contribution in [0.2, 0.25) is 0 Å². The summed E-state index contributed by atoms with van der Waals surface area (Å²) < 4.78 is 6.02. The van der Waals surface area contributed by atoms with Crippen LogP contribution >= 0.6 is 0 Å². The Hall–Kier alpha value is -5.64. The first-order valence-corrected chi connectivity index (χ1v) is 14.3. The van der Waals surface area contributed by atoms with Crippen molar-refractivity contribution in [3.63, 3.8) is 0 Å². The number of hydrogen-bond donors (Lipinski definition) is 7. The fourth-order valence-electron chi connectivity index (χ4n) is 6.56. The third-order valence-electron chi connectivity index (χ3n) is 8.60. The zero-order valence-corrected chi connectivity index (χ0v) is 24.0. The van der Waals surface area contributed by atoms with Crippen molar-refractivity contribution in [1.82, 2.24) is 0 Å². The number of phenols is 7. The molecular weight excluding hydrogens is 580 g/mol. The average Bonchev–Trinajstić information content (AvgIpc) is 2.96. The van der Waals surface area contributed by atoms with E-state index >= 15 is 0 Å². The molecule has 10 heteroatoms. The van der Waals surface area contributed by atoms with Crippen LogP contribution in [0, 0.1) is 5.92 Å². The molecule has 230 valence electrons. The number of rotatable bonds is 5. The zero-order chi connectivity index (χ0) is 32.2. The number of hydrogen-bond acceptors (Lipinski definition) is 10. The number of carbonyl (C=O) groups is 2. The third kappa shape index (κ3) is 5.24. The highest BCUT2D eigenvalue weighted by atomic mass is 16.5. The third-order valence-corrected chi connectivity index (χ3v) is 8.60. The number of phenolic OH excluding ortho intramolecular Hbond substituents is 7. The molecule has 10 nitrogen and oxygen atoms in total. The van der Waals surface area contributed by atoms with Crippen LogP contribution in [0.3, 0.4) is 0 Å². The van der Waals surface area contributed by atoms with Crippen molar-refractivity contribution in [3.05, 3.63) is 106 Å². The standard InChI is InChI=1S/C35H30O10/c1-16-10-24(20-5-2-17(36)12-27(20)40)32(34(43)22-7-4-18(37)13-28(22)41)25(11-16)33-26(39)9-8-23(35(33)44)31-15-29(42)21-6-3-19(38)14-30(21)45-31/h2-9,11-14,24-25,31-32,36-41,44H,10,15H2,1H3/t24-,25-,31+,32-/m1/s1. The Morgan fingerprint density at radius 2 is 1.38 bits per heavy atom. The SMILES string of the molecule is CC1=C[C@@H](c2c(O)ccc([C@@H]3CC(=O)c4ccc(O)cc4O3)c2O)[C@H](C(=O)c2ccc(O)cc2O)[C@@H](c2ccc(O)cc2O)C1. The van der Waals surface area contributed by atoms with Gasteiger partial charge in [0.1, 0.15) is 52.1 Å². The van der Waals surface area contributed by atoms with Gasteiger partial charge in [-0.1, -0.05) is 17.7 Å². The second-order valence-corrected chi connectivity index (χ2v) is 11.5. The summed E-state index contributed by atoms with van der Waals surface area (Å²) >= 11 is 0. The molecule has 0 saturated carbocycles. The quantitative estimate of drug-likeness (QED) is 0.104. The van der Waals surface area contributed by atoms with Gasteiger partial charge in [0.2, 0.25) is 0 Å². The monoisotopic (exact) mass is 610 g/mol. The Kier molecular flexibility index (Phi) is 7.28. The molecule has 1 heterocycles. The molecule has 4 aromatic carbocycles. The predicted molar refractivity (Wildman–Crippen MR) is 161 cm³/mol. The van der Waals surface area contributed by atoms with Crippen LogP contribution in [0.15, 0.2) is 78.4 Å². The highest BCUT2D eigenvalue weighted by Crippen LogP contribution is 2.54. The van der Waals surface area contributed by atoms with Gasteiger partial charge in [-0.2, -0.15) is 0 Å². The van der Waals surface area contributed by atoms with Crippen LogP contribution in [-0.2, 0) is 0 Å². The minimum Gasteiger partial charge on any atom is -0.508 e. The molecule has 0 radical (unpaired) electrons. The van der Waals surface area contributed by atoms with Crippen molar-refractivity contribution in [1.29, 1.82) is 0 Å². The fourth-order valence-corrected chi connectivity index (χ4v) is 6.56. The normalized spacial score (nSPS) is 21.0. The van der Waals surface area contributed by atoms with Gasteiger partial charge in [0.15, 0.2) is 11.6 Å². The van der Waals surface area contributed by atoms with Crippen molar-refractivity contribution in [2.45, 2.75) is 37.7 Å². The topological polar surface area (TPSA) is 185 Å². The minimum atomic E-state index is -1.11. The molecule has 0 bridgehead atoms. The first-order valence-electron chi connectivity index (χ1n) is 14.3. The largest absolute Gasteiger partial charge is 0.508 e. The molecule has 1 aliphatic heterocycles. The van der Waals surface area contributed by atoms with Gasteiger partial charge in [-0.05, 0) is 61.4 Å². The summed E-state index contributed by atoms with van der Waals surface area (Å²) in [5.74, 6) is -5.63. The maximum absolute atomic E-state index is 14.3. The molecule has 0 spiro atoms. The molecule has 0 unspecified atom stereocenters. The summed E-state index contributed by atoms with van der Waals surface area (Å²) in [6.45, 7) is 1.81. The van der Waals surface area contributed by atoms with Crippen molar-refractivity contribution in [2.75, 3.05) is 0 Å². The lowest BCUT2D eigenvalue weighted by Gasteiger charge is -2.37. The molecule has 4 aromatic rings. The van der Waals surface area contributed by atoms with Crippen LogP contribution < -0.4 is 4.74 Å². The van der Waals surface area contributed by atoms with Gasteiger partial charge >= 0.3 is 0 Å². The number of aromatic hydroxyl groups is 7. The van der Waals surface area contributed by atoms with E-state index in [-0.39, 0.29) is 75.4 Å². The number of Topliss-reactive ketones (excluding diaryl/α,β-unsaturated/α-hetero) is 2. The number of carbonyl (C=O) groups excluding carboxylic acids is 2. The number of ketones is 2. The van der Waals surface area contributed by atoms with Crippen LogP contribution in [0.5, 0.6) is 46.0 Å². The summed E-state index contributed by atoms with van der Waals surface area (Å²) in [5.41, 5.74) is 1.41. The highest BCUT2D eigenvalue weighted by molar-refractivity contribution is 6.02. The molecule has 0 saturated heterocycles. The average molecular weight is 611 g/mol. The Morgan fingerprint density at radius 3 is 2.09 bits per heavy atom. The number of benzene rings is 4. The lowest BCUT2D eigenvalue weighted by atomic mass is 9.65. The van der Waals surface area contributed by atoms with Gasteiger partial charge in [-0.15, -0.1) is 0 Å². The van der Waals surface area contributed by atoms with E-state index in [9.17, 15) is 45.3 Å². The summed E-state index contributed by atoms with van der Waals surface area (Å²) in [5, 5.41) is 74.2. The molecule has 7 N–H and O–H groups in total. The Bertz CT molecular complexity index is 1890. The van der Waals surface area contributed by atoms with Gasteiger partial charge in [0, 0.05) is 47.1 Å². The van der Waals surface area contributed by atoms with Gasteiger partial charge in [0.25, 0.3) is 0 Å². The lowest BCUT2D eigenvalue weighted by molar-refractivity contribution is 0.0846. The van der Waals surface area contributed by atoms with E-state index in [1.54, 1.807) is 13.0 Å².